The second-order valence-electron chi connectivity index (χ2n) is 8.08. The third-order valence-corrected chi connectivity index (χ3v) is 5.73. The van der Waals surface area contributed by atoms with Crippen LogP contribution in [-0.4, -0.2) is 42.2 Å². The van der Waals surface area contributed by atoms with Crippen LogP contribution in [0.25, 0.3) is 0 Å². The number of para-hydroxylation sites is 1. The van der Waals surface area contributed by atoms with Crippen LogP contribution in [0.5, 0.6) is 0 Å². The van der Waals surface area contributed by atoms with Gasteiger partial charge in [0, 0.05) is 38.1 Å². The maximum atomic E-state index is 12.6. The predicted molar refractivity (Wildman–Crippen MR) is 123 cm³/mol. The van der Waals surface area contributed by atoms with Gasteiger partial charge in [-0.1, -0.05) is 32.0 Å². The van der Waals surface area contributed by atoms with Gasteiger partial charge in [-0.25, -0.2) is 9.78 Å². The molecule has 30 heavy (non-hydrogen) atoms. The largest absolute Gasteiger partial charge is 0.363 e. The average molecular weight is 411 g/mol. The minimum atomic E-state index is -0.107. The van der Waals surface area contributed by atoms with Gasteiger partial charge in [0.1, 0.15) is 5.82 Å². The van der Waals surface area contributed by atoms with E-state index in [0.29, 0.717) is 12.0 Å². The Morgan fingerprint density at radius 1 is 1.03 bits per heavy atom. The van der Waals surface area contributed by atoms with E-state index in [9.17, 15) is 4.79 Å². The topological polar surface area (TPSA) is 82.2 Å². The van der Waals surface area contributed by atoms with Gasteiger partial charge in [0.25, 0.3) is 0 Å². The highest BCUT2D eigenvalue weighted by Crippen LogP contribution is 2.24. The molecule has 0 aliphatic heterocycles. The third-order valence-electron chi connectivity index (χ3n) is 5.73. The van der Waals surface area contributed by atoms with Gasteiger partial charge in [0.15, 0.2) is 0 Å². The van der Waals surface area contributed by atoms with E-state index in [-0.39, 0.29) is 12.1 Å². The van der Waals surface area contributed by atoms with Crippen LogP contribution in [0, 0.1) is 0 Å². The molecule has 0 unspecified atom stereocenters. The molecule has 7 heteroatoms. The monoisotopic (exact) mass is 410 g/mol. The fourth-order valence-corrected chi connectivity index (χ4v) is 3.97. The Kier molecular flexibility index (Phi) is 7.49. The second kappa shape index (κ2) is 10.3. The lowest BCUT2D eigenvalue weighted by Gasteiger charge is -2.30. The van der Waals surface area contributed by atoms with Gasteiger partial charge in [-0.05, 0) is 55.7 Å². The molecule has 2 aromatic rings. The van der Waals surface area contributed by atoms with Crippen molar-refractivity contribution in [3.8, 4) is 0 Å². The summed E-state index contributed by atoms with van der Waals surface area (Å²) in [6, 6.07) is 8.53. The minimum Gasteiger partial charge on any atom is -0.363 e. The van der Waals surface area contributed by atoms with Gasteiger partial charge in [-0.15, -0.1) is 0 Å². The van der Waals surface area contributed by atoms with Crippen LogP contribution in [0.2, 0.25) is 0 Å². The molecule has 1 saturated carbocycles. The quantitative estimate of drug-likeness (QED) is 0.637. The summed E-state index contributed by atoms with van der Waals surface area (Å²) in [6.07, 6.45) is 7.41. The standard InChI is InChI=1S/C23H34N6O/c1-5-16-8-7-9-17(6-2)21(16)28-23(30)26-19-12-10-18(11-13-19)25-22-24-15-14-20(27-22)29(3)4/h7-9,14-15,18-19H,5-6,10-13H2,1-4H3,(H,24,25,27)(H2,26,28,30). The van der Waals surface area contributed by atoms with Gasteiger partial charge in [0.2, 0.25) is 5.95 Å². The molecule has 7 nitrogen and oxygen atoms in total. The van der Waals surface area contributed by atoms with Crippen molar-refractivity contribution in [3.05, 3.63) is 41.6 Å². The number of benzene rings is 1. The van der Waals surface area contributed by atoms with Crippen LogP contribution < -0.4 is 20.9 Å². The summed E-state index contributed by atoms with van der Waals surface area (Å²) in [5.74, 6) is 1.55. The number of aryl methyl sites for hydroxylation is 2. The zero-order valence-corrected chi connectivity index (χ0v) is 18.5. The lowest BCUT2D eigenvalue weighted by Crippen LogP contribution is -2.42. The molecule has 0 atom stereocenters. The lowest BCUT2D eigenvalue weighted by molar-refractivity contribution is 0.243. The number of hydrogen-bond donors (Lipinski definition) is 3. The van der Waals surface area contributed by atoms with Gasteiger partial charge in [-0.3, -0.25) is 0 Å². The lowest BCUT2D eigenvalue weighted by atomic mass is 9.91. The molecule has 0 bridgehead atoms. The first-order valence-corrected chi connectivity index (χ1v) is 10.9. The first-order valence-electron chi connectivity index (χ1n) is 10.9. The van der Waals surface area contributed by atoms with Crippen LogP contribution in [0.1, 0.15) is 50.7 Å². The van der Waals surface area contributed by atoms with Crippen molar-refractivity contribution in [2.75, 3.05) is 29.6 Å². The van der Waals surface area contributed by atoms with Crippen molar-refractivity contribution in [1.29, 1.82) is 0 Å². The highest BCUT2D eigenvalue weighted by molar-refractivity contribution is 5.91. The van der Waals surface area contributed by atoms with Crippen LogP contribution in [0.15, 0.2) is 30.5 Å². The van der Waals surface area contributed by atoms with E-state index in [2.05, 4.69) is 58.0 Å². The number of amides is 2. The molecule has 2 amide bonds. The maximum absolute atomic E-state index is 12.6. The summed E-state index contributed by atoms with van der Waals surface area (Å²) in [5.41, 5.74) is 3.32. The molecule has 0 spiro atoms. The summed E-state index contributed by atoms with van der Waals surface area (Å²) in [6.45, 7) is 4.23. The highest BCUT2D eigenvalue weighted by atomic mass is 16.2. The second-order valence-corrected chi connectivity index (χ2v) is 8.08. The van der Waals surface area contributed by atoms with Crippen molar-refractivity contribution in [1.82, 2.24) is 15.3 Å². The summed E-state index contributed by atoms with van der Waals surface area (Å²) in [5, 5.41) is 9.71. The van der Waals surface area contributed by atoms with Crippen molar-refractivity contribution >= 4 is 23.5 Å². The van der Waals surface area contributed by atoms with E-state index in [0.717, 1.165) is 50.0 Å². The molecule has 1 fully saturated rings. The molecule has 1 aliphatic rings. The normalized spacial score (nSPS) is 18.5. The average Bonchev–Trinajstić information content (AvgIpc) is 2.75. The fourth-order valence-electron chi connectivity index (χ4n) is 3.97. The number of hydrogen-bond acceptors (Lipinski definition) is 5. The van der Waals surface area contributed by atoms with E-state index in [1.165, 1.54) is 11.1 Å². The van der Waals surface area contributed by atoms with E-state index in [4.69, 9.17) is 0 Å². The minimum absolute atomic E-state index is 0.107. The summed E-state index contributed by atoms with van der Waals surface area (Å²) in [4.78, 5) is 23.5. The summed E-state index contributed by atoms with van der Waals surface area (Å²) >= 11 is 0. The molecule has 3 rings (SSSR count). The number of aromatic nitrogens is 2. The first kappa shape index (κ1) is 21.9. The molecule has 3 N–H and O–H groups in total. The molecule has 1 aromatic carbocycles. The van der Waals surface area contributed by atoms with E-state index >= 15 is 0 Å². The molecule has 162 valence electrons. The number of carbonyl (C=O) groups is 1. The van der Waals surface area contributed by atoms with Gasteiger partial charge < -0.3 is 20.9 Å². The Hall–Kier alpha value is -2.83. The Morgan fingerprint density at radius 3 is 2.27 bits per heavy atom. The summed E-state index contributed by atoms with van der Waals surface area (Å²) in [7, 11) is 3.94. The smallest absolute Gasteiger partial charge is 0.319 e. The Labute approximate surface area is 179 Å². The van der Waals surface area contributed by atoms with E-state index in [1.807, 2.05) is 25.1 Å². The maximum Gasteiger partial charge on any atom is 0.319 e. The van der Waals surface area contributed by atoms with Gasteiger partial charge in [0.05, 0.1) is 0 Å². The number of nitrogens with one attached hydrogen (secondary N) is 3. The van der Waals surface area contributed by atoms with E-state index < -0.39 is 0 Å². The highest BCUT2D eigenvalue weighted by Gasteiger charge is 2.23. The SMILES string of the molecule is CCc1cccc(CC)c1NC(=O)NC1CCC(Nc2nccc(N(C)C)n2)CC1. The first-order chi connectivity index (χ1) is 14.5. The van der Waals surface area contributed by atoms with Crippen molar-refractivity contribution < 1.29 is 4.79 Å². The zero-order valence-electron chi connectivity index (χ0n) is 18.5. The van der Waals surface area contributed by atoms with Crippen LogP contribution in [0.4, 0.5) is 22.2 Å². The molecular formula is C23H34N6O. The predicted octanol–water partition coefficient (Wildman–Crippen LogP) is 4.21. The number of urea groups is 1. The number of anilines is 3. The number of carbonyl (C=O) groups excluding carboxylic acids is 1. The van der Waals surface area contributed by atoms with Crippen LogP contribution >= 0.6 is 0 Å². The van der Waals surface area contributed by atoms with Gasteiger partial charge >= 0.3 is 6.03 Å². The van der Waals surface area contributed by atoms with Crippen LogP contribution in [0.3, 0.4) is 0 Å². The third kappa shape index (κ3) is 5.62. The number of rotatable bonds is 7. The van der Waals surface area contributed by atoms with Crippen molar-refractivity contribution in [2.24, 2.45) is 0 Å². The summed E-state index contributed by atoms with van der Waals surface area (Å²) < 4.78 is 0. The Morgan fingerprint density at radius 2 is 1.67 bits per heavy atom. The van der Waals surface area contributed by atoms with E-state index in [1.54, 1.807) is 6.20 Å². The molecule has 1 heterocycles. The van der Waals surface area contributed by atoms with Crippen molar-refractivity contribution in [3.63, 3.8) is 0 Å². The van der Waals surface area contributed by atoms with Crippen LogP contribution in [-0.2, 0) is 12.8 Å². The molecule has 1 aliphatic carbocycles. The molecule has 0 saturated heterocycles. The molecule has 0 radical (unpaired) electrons. The van der Waals surface area contributed by atoms with Gasteiger partial charge in [-0.2, -0.15) is 4.98 Å². The molecule has 1 aromatic heterocycles. The van der Waals surface area contributed by atoms with Crippen molar-refractivity contribution in [2.45, 2.75) is 64.5 Å². The Balaban J connectivity index is 1.50. The zero-order chi connectivity index (χ0) is 21.5. The Bertz CT molecular complexity index is 823. The number of nitrogens with zero attached hydrogens (tertiary/aromatic N) is 3. The fraction of sp³-hybridized carbons (Fsp3) is 0.522. The molecular weight excluding hydrogens is 376 g/mol.